The van der Waals surface area contributed by atoms with Crippen molar-refractivity contribution in [1.29, 1.82) is 0 Å². The third-order valence-electron chi connectivity index (χ3n) is 4.39. The first-order valence-corrected chi connectivity index (χ1v) is 8.78. The average molecular weight is 317 g/mol. The molecule has 22 heavy (non-hydrogen) atoms. The van der Waals surface area contributed by atoms with Gasteiger partial charge in [-0.15, -0.1) is 0 Å². The maximum atomic E-state index is 12.2. The van der Waals surface area contributed by atoms with Crippen LogP contribution in [0.25, 0.3) is 10.9 Å². The first kappa shape index (κ1) is 15.4. The van der Waals surface area contributed by atoms with Crippen LogP contribution in [0.4, 0.5) is 0 Å². The van der Waals surface area contributed by atoms with E-state index >= 15 is 0 Å². The molecular weight excluding hydrogens is 294 g/mol. The zero-order valence-electron chi connectivity index (χ0n) is 12.9. The van der Waals surface area contributed by atoms with Crippen LogP contribution in [-0.4, -0.2) is 34.0 Å². The molecule has 1 amide bonds. The van der Waals surface area contributed by atoms with Crippen molar-refractivity contribution >= 4 is 28.6 Å². The van der Waals surface area contributed by atoms with Crippen LogP contribution in [0.15, 0.2) is 30.5 Å². The number of para-hydroxylation sites is 1. The third-order valence-corrected chi connectivity index (χ3v) is 5.93. The molecular formula is C17H23N3OS. The second-order valence-electron chi connectivity index (χ2n) is 6.29. The van der Waals surface area contributed by atoms with Gasteiger partial charge in [0.25, 0.3) is 0 Å². The number of hydrogen-bond donors (Lipinski definition) is 3. The van der Waals surface area contributed by atoms with Gasteiger partial charge in [-0.3, -0.25) is 4.79 Å². The summed E-state index contributed by atoms with van der Waals surface area (Å²) in [6, 6.07) is 7.58. The molecule has 2 atom stereocenters. The third kappa shape index (κ3) is 3.31. The summed E-state index contributed by atoms with van der Waals surface area (Å²) >= 11 is 1.95. The second kappa shape index (κ2) is 6.34. The van der Waals surface area contributed by atoms with Crippen LogP contribution in [-0.2, 0) is 11.2 Å². The van der Waals surface area contributed by atoms with Crippen molar-refractivity contribution in [2.24, 2.45) is 5.73 Å². The first-order chi connectivity index (χ1) is 10.6. The van der Waals surface area contributed by atoms with Gasteiger partial charge in [-0.25, -0.2) is 0 Å². The number of nitrogens with one attached hydrogen (secondary N) is 2. The Morgan fingerprint density at radius 3 is 3.09 bits per heavy atom. The molecule has 1 fully saturated rings. The molecule has 2 heterocycles. The quantitative estimate of drug-likeness (QED) is 0.793. The molecule has 5 heteroatoms. The van der Waals surface area contributed by atoms with Crippen molar-refractivity contribution in [2.75, 3.05) is 12.3 Å². The highest BCUT2D eigenvalue weighted by Gasteiger charge is 2.30. The zero-order valence-corrected chi connectivity index (χ0v) is 13.7. The molecule has 2 aromatic rings. The Bertz CT molecular complexity index is 661. The van der Waals surface area contributed by atoms with E-state index in [1.807, 2.05) is 36.2 Å². The van der Waals surface area contributed by atoms with Gasteiger partial charge in [-0.1, -0.05) is 18.2 Å². The predicted octanol–water partition coefficient (Wildman–Crippen LogP) is 2.44. The van der Waals surface area contributed by atoms with Gasteiger partial charge in [0.05, 0.1) is 6.04 Å². The number of amides is 1. The van der Waals surface area contributed by atoms with Crippen LogP contribution >= 0.6 is 11.8 Å². The number of thioether (sulfide) groups is 1. The number of benzene rings is 1. The Kier molecular flexibility index (Phi) is 4.45. The molecule has 0 radical (unpaired) electrons. The fraction of sp³-hybridized carbons (Fsp3) is 0.471. The van der Waals surface area contributed by atoms with Crippen molar-refractivity contribution in [3.05, 3.63) is 36.0 Å². The highest BCUT2D eigenvalue weighted by atomic mass is 32.2. The van der Waals surface area contributed by atoms with Crippen molar-refractivity contribution in [1.82, 2.24) is 10.3 Å². The van der Waals surface area contributed by atoms with Gasteiger partial charge >= 0.3 is 0 Å². The summed E-state index contributed by atoms with van der Waals surface area (Å²) < 4.78 is 0.177. The topological polar surface area (TPSA) is 70.9 Å². The number of carbonyl (C=O) groups excluding carboxylic acids is 1. The smallest absolute Gasteiger partial charge is 0.237 e. The van der Waals surface area contributed by atoms with Gasteiger partial charge in [-0.2, -0.15) is 11.8 Å². The van der Waals surface area contributed by atoms with Gasteiger partial charge in [0.1, 0.15) is 0 Å². The van der Waals surface area contributed by atoms with Gasteiger partial charge in [0, 0.05) is 28.4 Å². The number of nitrogens with two attached hydrogens (primary N) is 1. The lowest BCUT2D eigenvalue weighted by Crippen LogP contribution is -2.46. The highest BCUT2D eigenvalue weighted by Crippen LogP contribution is 2.36. The zero-order chi connectivity index (χ0) is 15.6. The summed E-state index contributed by atoms with van der Waals surface area (Å²) in [5, 5.41) is 4.17. The highest BCUT2D eigenvalue weighted by molar-refractivity contribution is 8.00. The number of aromatic amines is 1. The van der Waals surface area contributed by atoms with Crippen LogP contribution in [0.5, 0.6) is 0 Å². The van der Waals surface area contributed by atoms with E-state index in [1.54, 1.807) is 0 Å². The van der Waals surface area contributed by atoms with Gasteiger partial charge in [-0.05, 0) is 43.6 Å². The van der Waals surface area contributed by atoms with Crippen molar-refractivity contribution in [2.45, 2.75) is 37.0 Å². The molecule has 0 saturated carbocycles. The fourth-order valence-corrected chi connectivity index (χ4v) is 4.26. The number of aromatic nitrogens is 1. The van der Waals surface area contributed by atoms with Crippen molar-refractivity contribution < 1.29 is 4.79 Å². The molecule has 1 aromatic heterocycles. The standard InChI is InChI=1S/C17H23N3OS/c1-17(7-4-8-22-17)11-20-16(21)14(18)9-12-10-19-15-6-3-2-5-13(12)15/h2-3,5-6,10,14,19H,4,7-9,11,18H2,1H3,(H,20,21)/t14-,17?/m0/s1. The molecule has 118 valence electrons. The van der Waals surface area contributed by atoms with Crippen LogP contribution in [0, 0.1) is 0 Å². The number of hydrogen-bond acceptors (Lipinski definition) is 3. The summed E-state index contributed by atoms with van der Waals surface area (Å²) in [4.78, 5) is 15.5. The van der Waals surface area contributed by atoms with Crippen LogP contribution < -0.4 is 11.1 Å². The number of carbonyl (C=O) groups is 1. The van der Waals surface area contributed by atoms with Crippen LogP contribution in [0.2, 0.25) is 0 Å². The maximum Gasteiger partial charge on any atom is 0.237 e. The molecule has 0 aliphatic carbocycles. The van der Waals surface area contributed by atoms with E-state index in [9.17, 15) is 4.79 Å². The molecule has 1 aliphatic heterocycles. The molecule has 0 spiro atoms. The average Bonchev–Trinajstić information content (AvgIpc) is 3.13. The van der Waals surface area contributed by atoms with E-state index in [1.165, 1.54) is 12.2 Å². The van der Waals surface area contributed by atoms with E-state index in [2.05, 4.69) is 23.3 Å². The molecule has 1 aliphatic rings. The lowest BCUT2D eigenvalue weighted by Gasteiger charge is -2.24. The molecule has 0 bridgehead atoms. The minimum absolute atomic E-state index is 0.0565. The van der Waals surface area contributed by atoms with Gasteiger partial charge in [0.15, 0.2) is 0 Å². The molecule has 1 aromatic carbocycles. The van der Waals surface area contributed by atoms with Crippen LogP contribution in [0.3, 0.4) is 0 Å². The Morgan fingerprint density at radius 2 is 2.32 bits per heavy atom. The van der Waals surface area contributed by atoms with E-state index in [0.717, 1.165) is 22.9 Å². The minimum Gasteiger partial charge on any atom is -0.361 e. The summed E-state index contributed by atoms with van der Waals surface area (Å²) in [5.41, 5.74) is 8.27. The second-order valence-corrected chi connectivity index (χ2v) is 7.97. The normalized spacial score (nSPS) is 22.8. The Labute approximate surface area is 135 Å². The van der Waals surface area contributed by atoms with E-state index < -0.39 is 6.04 Å². The predicted molar refractivity (Wildman–Crippen MR) is 93.1 cm³/mol. The molecule has 1 saturated heterocycles. The van der Waals surface area contributed by atoms with E-state index in [0.29, 0.717) is 13.0 Å². The van der Waals surface area contributed by atoms with Crippen molar-refractivity contribution in [3.63, 3.8) is 0 Å². The number of H-pyrrole nitrogens is 1. The SMILES string of the molecule is CC1(CNC(=O)[C@@H](N)Cc2c[nH]c3ccccc23)CCCS1. The number of fused-ring (bicyclic) bond motifs is 1. The van der Waals surface area contributed by atoms with Crippen molar-refractivity contribution in [3.8, 4) is 0 Å². The summed E-state index contributed by atoms with van der Waals surface area (Å²) in [7, 11) is 0. The largest absolute Gasteiger partial charge is 0.361 e. The van der Waals surface area contributed by atoms with Gasteiger partial charge in [0.2, 0.25) is 5.91 Å². The summed E-state index contributed by atoms with van der Waals surface area (Å²) in [6.07, 6.45) is 4.90. The molecule has 4 nitrogen and oxygen atoms in total. The number of rotatable bonds is 5. The lowest BCUT2D eigenvalue weighted by molar-refractivity contribution is -0.122. The minimum atomic E-state index is -0.505. The molecule has 4 N–H and O–H groups in total. The summed E-state index contributed by atoms with van der Waals surface area (Å²) in [6.45, 7) is 2.92. The lowest BCUT2D eigenvalue weighted by atomic mass is 10.0. The van der Waals surface area contributed by atoms with Gasteiger partial charge < -0.3 is 16.0 Å². The summed E-state index contributed by atoms with van der Waals surface area (Å²) in [5.74, 6) is 1.13. The Hall–Kier alpha value is -1.46. The monoisotopic (exact) mass is 317 g/mol. The molecule has 3 rings (SSSR count). The Balaban J connectivity index is 1.59. The van der Waals surface area contributed by atoms with Crippen LogP contribution in [0.1, 0.15) is 25.3 Å². The maximum absolute atomic E-state index is 12.2. The fourth-order valence-electron chi connectivity index (χ4n) is 3.01. The van der Waals surface area contributed by atoms with E-state index in [4.69, 9.17) is 5.73 Å². The van der Waals surface area contributed by atoms with E-state index in [-0.39, 0.29) is 10.7 Å². The first-order valence-electron chi connectivity index (χ1n) is 7.80. The molecule has 1 unspecified atom stereocenters. The Morgan fingerprint density at radius 1 is 1.50 bits per heavy atom.